The fraction of sp³-hybridized carbons (Fsp3) is 0.647. The zero-order chi connectivity index (χ0) is 13.5. The lowest BCUT2D eigenvalue weighted by atomic mass is 9.78. The second-order valence-corrected chi connectivity index (χ2v) is 6.71. The lowest BCUT2D eigenvalue weighted by Crippen LogP contribution is -2.37. The number of fused-ring (bicyclic) bond motifs is 2. The standard InChI is InChI=1S/C17H24N2O/c18-19-17(15-10-14-8-9-16(15)20-14)13-6-4-12(5-7-13)11-2-1-3-11/h4-7,11,14-17,19H,1-3,8-10,18H2. The van der Waals surface area contributed by atoms with E-state index in [9.17, 15) is 0 Å². The van der Waals surface area contributed by atoms with Gasteiger partial charge >= 0.3 is 0 Å². The van der Waals surface area contributed by atoms with Crippen molar-refractivity contribution in [3.8, 4) is 0 Å². The van der Waals surface area contributed by atoms with Gasteiger partial charge in [0, 0.05) is 5.92 Å². The minimum Gasteiger partial charge on any atom is -0.375 e. The Labute approximate surface area is 120 Å². The van der Waals surface area contributed by atoms with Crippen LogP contribution in [-0.2, 0) is 4.74 Å². The summed E-state index contributed by atoms with van der Waals surface area (Å²) in [5, 5.41) is 0. The average Bonchev–Trinajstić information content (AvgIpc) is 3.02. The fourth-order valence-corrected chi connectivity index (χ4v) is 4.21. The van der Waals surface area contributed by atoms with E-state index in [1.165, 1.54) is 43.2 Å². The lowest BCUT2D eigenvalue weighted by Gasteiger charge is -2.29. The van der Waals surface area contributed by atoms with Crippen molar-refractivity contribution in [2.45, 2.75) is 62.7 Å². The second-order valence-electron chi connectivity index (χ2n) is 6.71. The minimum atomic E-state index is 0.237. The van der Waals surface area contributed by atoms with Crippen molar-refractivity contribution in [3.63, 3.8) is 0 Å². The summed E-state index contributed by atoms with van der Waals surface area (Å²) in [5.41, 5.74) is 5.86. The molecule has 4 unspecified atom stereocenters. The van der Waals surface area contributed by atoms with Crippen LogP contribution in [0.25, 0.3) is 0 Å². The van der Waals surface area contributed by atoms with Crippen molar-refractivity contribution in [1.82, 2.24) is 5.43 Å². The van der Waals surface area contributed by atoms with Crippen LogP contribution in [0.4, 0.5) is 0 Å². The zero-order valence-corrected chi connectivity index (χ0v) is 11.9. The second kappa shape index (κ2) is 5.14. The highest BCUT2D eigenvalue weighted by atomic mass is 16.5. The molecule has 108 valence electrons. The molecule has 1 saturated carbocycles. The van der Waals surface area contributed by atoms with Crippen molar-refractivity contribution >= 4 is 0 Å². The summed E-state index contributed by atoms with van der Waals surface area (Å²) in [7, 11) is 0. The van der Waals surface area contributed by atoms with Gasteiger partial charge in [-0.3, -0.25) is 11.3 Å². The third kappa shape index (κ3) is 2.09. The topological polar surface area (TPSA) is 47.3 Å². The predicted molar refractivity (Wildman–Crippen MR) is 79.1 cm³/mol. The number of nitrogens with one attached hydrogen (secondary N) is 1. The Morgan fingerprint density at radius 2 is 1.90 bits per heavy atom. The van der Waals surface area contributed by atoms with Crippen LogP contribution >= 0.6 is 0 Å². The first-order valence-corrected chi connectivity index (χ1v) is 8.06. The number of hydrogen-bond donors (Lipinski definition) is 2. The Kier molecular flexibility index (Phi) is 3.29. The van der Waals surface area contributed by atoms with E-state index in [2.05, 4.69) is 29.7 Å². The molecule has 3 nitrogen and oxygen atoms in total. The molecule has 0 radical (unpaired) electrons. The monoisotopic (exact) mass is 272 g/mol. The molecular formula is C17H24N2O. The maximum Gasteiger partial charge on any atom is 0.0627 e. The molecule has 3 aliphatic rings. The number of benzene rings is 1. The van der Waals surface area contributed by atoms with Gasteiger partial charge in [-0.1, -0.05) is 30.7 Å². The van der Waals surface area contributed by atoms with Crippen LogP contribution in [0.2, 0.25) is 0 Å². The van der Waals surface area contributed by atoms with E-state index in [-0.39, 0.29) is 6.04 Å². The molecular weight excluding hydrogens is 248 g/mol. The van der Waals surface area contributed by atoms with Crippen LogP contribution in [0.5, 0.6) is 0 Å². The number of hydrogen-bond acceptors (Lipinski definition) is 3. The minimum absolute atomic E-state index is 0.237. The van der Waals surface area contributed by atoms with Crippen LogP contribution in [0, 0.1) is 5.92 Å². The molecule has 1 aliphatic carbocycles. The van der Waals surface area contributed by atoms with Crippen LogP contribution < -0.4 is 11.3 Å². The number of nitrogens with two attached hydrogens (primary N) is 1. The Morgan fingerprint density at radius 3 is 2.40 bits per heavy atom. The highest BCUT2D eigenvalue weighted by Gasteiger charge is 2.44. The summed E-state index contributed by atoms with van der Waals surface area (Å²) in [6.07, 6.45) is 8.59. The Balaban J connectivity index is 1.52. The van der Waals surface area contributed by atoms with Gasteiger partial charge in [0.15, 0.2) is 0 Å². The van der Waals surface area contributed by atoms with Crippen molar-refractivity contribution in [2.75, 3.05) is 0 Å². The van der Waals surface area contributed by atoms with E-state index in [0.29, 0.717) is 18.1 Å². The summed E-state index contributed by atoms with van der Waals surface area (Å²) in [4.78, 5) is 0. The molecule has 1 aromatic rings. The van der Waals surface area contributed by atoms with Gasteiger partial charge in [-0.25, -0.2) is 0 Å². The molecule has 4 rings (SSSR count). The summed E-state index contributed by atoms with van der Waals surface area (Å²) in [6, 6.07) is 9.38. The maximum absolute atomic E-state index is 5.98. The van der Waals surface area contributed by atoms with Gasteiger partial charge in [0.1, 0.15) is 0 Å². The molecule has 0 amide bonds. The van der Waals surface area contributed by atoms with Gasteiger partial charge < -0.3 is 4.74 Å². The normalized spacial score (nSPS) is 34.1. The van der Waals surface area contributed by atoms with E-state index in [4.69, 9.17) is 10.6 Å². The molecule has 2 heterocycles. The van der Waals surface area contributed by atoms with E-state index < -0.39 is 0 Å². The molecule has 20 heavy (non-hydrogen) atoms. The highest BCUT2D eigenvalue weighted by Crippen LogP contribution is 2.44. The molecule has 3 heteroatoms. The molecule has 2 saturated heterocycles. The van der Waals surface area contributed by atoms with E-state index in [0.717, 1.165) is 12.3 Å². The summed E-state index contributed by atoms with van der Waals surface area (Å²) >= 11 is 0. The number of ether oxygens (including phenoxy) is 1. The first-order valence-electron chi connectivity index (χ1n) is 8.06. The summed E-state index contributed by atoms with van der Waals surface area (Å²) < 4.78 is 5.98. The highest BCUT2D eigenvalue weighted by molar-refractivity contribution is 5.29. The quantitative estimate of drug-likeness (QED) is 0.654. The number of rotatable bonds is 4. The van der Waals surface area contributed by atoms with Crippen molar-refractivity contribution < 1.29 is 4.74 Å². The van der Waals surface area contributed by atoms with Gasteiger partial charge in [0.2, 0.25) is 0 Å². The van der Waals surface area contributed by atoms with Gasteiger partial charge in [-0.15, -0.1) is 0 Å². The van der Waals surface area contributed by atoms with Gasteiger partial charge in [-0.2, -0.15) is 0 Å². The van der Waals surface area contributed by atoms with E-state index in [1.54, 1.807) is 0 Å². The Hall–Kier alpha value is -0.900. The molecule has 2 bridgehead atoms. The van der Waals surface area contributed by atoms with Crippen LogP contribution in [0.1, 0.15) is 61.6 Å². The van der Waals surface area contributed by atoms with Crippen molar-refractivity contribution in [3.05, 3.63) is 35.4 Å². The third-order valence-corrected chi connectivity index (χ3v) is 5.63. The Morgan fingerprint density at radius 1 is 1.10 bits per heavy atom. The lowest BCUT2D eigenvalue weighted by molar-refractivity contribution is 0.0857. The SMILES string of the molecule is NNC(c1ccc(C2CCC2)cc1)C1CC2CCC1O2. The van der Waals surface area contributed by atoms with E-state index >= 15 is 0 Å². The third-order valence-electron chi connectivity index (χ3n) is 5.63. The zero-order valence-electron chi connectivity index (χ0n) is 11.9. The first kappa shape index (κ1) is 12.8. The Bertz CT molecular complexity index is 468. The fourth-order valence-electron chi connectivity index (χ4n) is 4.21. The average molecular weight is 272 g/mol. The summed E-state index contributed by atoms with van der Waals surface area (Å²) in [5.74, 6) is 7.19. The first-order chi connectivity index (χ1) is 9.85. The maximum atomic E-state index is 5.98. The largest absolute Gasteiger partial charge is 0.375 e. The van der Waals surface area contributed by atoms with Crippen LogP contribution in [-0.4, -0.2) is 12.2 Å². The summed E-state index contributed by atoms with van der Waals surface area (Å²) in [6.45, 7) is 0. The molecule has 0 aromatic heterocycles. The smallest absolute Gasteiger partial charge is 0.0627 e. The number of hydrazine groups is 1. The van der Waals surface area contributed by atoms with Crippen LogP contribution in [0.15, 0.2) is 24.3 Å². The van der Waals surface area contributed by atoms with Gasteiger partial charge in [0.05, 0.1) is 18.2 Å². The van der Waals surface area contributed by atoms with Gasteiger partial charge in [0.25, 0.3) is 0 Å². The van der Waals surface area contributed by atoms with Gasteiger partial charge in [-0.05, 0) is 49.1 Å². The molecule has 4 atom stereocenters. The molecule has 2 aliphatic heterocycles. The molecule has 3 fully saturated rings. The van der Waals surface area contributed by atoms with Crippen LogP contribution in [0.3, 0.4) is 0 Å². The molecule has 3 N–H and O–H groups in total. The molecule has 0 spiro atoms. The van der Waals surface area contributed by atoms with Crippen molar-refractivity contribution in [2.24, 2.45) is 11.8 Å². The predicted octanol–water partition coefficient (Wildman–Crippen LogP) is 3.03. The molecule has 1 aromatic carbocycles. The van der Waals surface area contributed by atoms with E-state index in [1.807, 2.05) is 0 Å². The van der Waals surface area contributed by atoms with Crippen molar-refractivity contribution in [1.29, 1.82) is 0 Å².